The Labute approximate surface area is 102 Å². The Balaban J connectivity index is 2.03. The van der Waals surface area contributed by atoms with E-state index in [0.29, 0.717) is 17.7 Å². The molecule has 0 bridgehead atoms. The van der Waals surface area contributed by atoms with Crippen molar-refractivity contribution < 1.29 is 4.74 Å². The van der Waals surface area contributed by atoms with Crippen molar-refractivity contribution in [3.05, 3.63) is 29.8 Å². The summed E-state index contributed by atoms with van der Waals surface area (Å²) in [5.74, 6) is 0. The molecule has 1 N–H and O–H groups in total. The van der Waals surface area contributed by atoms with Gasteiger partial charge in [-0.25, -0.2) is 0 Å². The molecule has 1 aromatic carbocycles. The van der Waals surface area contributed by atoms with E-state index in [-0.39, 0.29) is 0 Å². The number of anilines is 1. The molecule has 1 aromatic rings. The van der Waals surface area contributed by atoms with Gasteiger partial charge in [0.1, 0.15) is 6.07 Å². The van der Waals surface area contributed by atoms with Crippen LogP contribution in [-0.4, -0.2) is 19.3 Å². The van der Waals surface area contributed by atoms with Crippen LogP contribution < -0.4 is 5.32 Å². The van der Waals surface area contributed by atoms with Crippen molar-refractivity contribution in [3.63, 3.8) is 0 Å². The molecular formula is C14H18N2O. The fourth-order valence-electron chi connectivity index (χ4n) is 2.42. The lowest BCUT2D eigenvalue weighted by Crippen LogP contribution is -2.31. The van der Waals surface area contributed by atoms with Gasteiger partial charge in [0.25, 0.3) is 0 Å². The fourth-order valence-corrected chi connectivity index (χ4v) is 2.42. The van der Waals surface area contributed by atoms with Gasteiger partial charge in [0.05, 0.1) is 17.4 Å². The van der Waals surface area contributed by atoms with Gasteiger partial charge >= 0.3 is 0 Å². The van der Waals surface area contributed by atoms with Crippen molar-refractivity contribution in [2.45, 2.75) is 37.8 Å². The summed E-state index contributed by atoms with van der Waals surface area (Å²) >= 11 is 0. The summed E-state index contributed by atoms with van der Waals surface area (Å²) in [6, 6.07) is 10.3. The molecule has 0 heterocycles. The number of methoxy groups -OCH3 is 1. The van der Waals surface area contributed by atoms with E-state index < -0.39 is 0 Å². The highest BCUT2D eigenvalue weighted by molar-refractivity contribution is 5.57. The maximum Gasteiger partial charge on any atom is 0.101 e. The first-order chi connectivity index (χ1) is 8.33. The van der Waals surface area contributed by atoms with Gasteiger partial charge in [0, 0.05) is 13.2 Å². The van der Waals surface area contributed by atoms with Gasteiger partial charge in [-0.3, -0.25) is 0 Å². The zero-order valence-corrected chi connectivity index (χ0v) is 10.1. The van der Waals surface area contributed by atoms with Crippen LogP contribution in [0.3, 0.4) is 0 Å². The largest absolute Gasteiger partial charge is 0.381 e. The second-order valence-corrected chi connectivity index (χ2v) is 4.52. The normalized spacial score (nSPS) is 24.0. The maximum absolute atomic E-state index is 9.03. The molecule has 0 aliphatic heterocycles. The molecule has 2 rings (SSSR count). The van der Waals surface area contributed by atoms with Crippen LogP contribution in [0.1, 0.15) is 31.2 Å². The number of nitrogens with zero attached hydrogens (tertiary/aromatic N) is 1. The first-order valence-corrected chi connectivity index (χ1v) is 6.12. The number of hydrogen-bond donors (Lipinski definition) is 1. The molecule has 0 saturated heterocycles. The number of benzene rings is 1. The lowest BCUT2D eigenvalue weighted by atomic mass is 9.92. The van der Waals surface area contributed by atoms with Gasteiger partial charge in [0.2, 0.25) is 0 Å². The van der Waals surface area contributed by atoms with Crippen LogP contribution in [0.15, 0.2) is 24.3 Å². The Morgan fingerprint density at radius 3 is 2.94 bits per heavy atom. The number of rotatable bonds is 3. The molecule has 0 amide bonds. The van der Waals surface area contributed by atoms with Crippen molar-refractivity contribution in [1.82, 2.24) is 0 Å². The summed E-state index contributed by atoms with van der Waals surface area (Å²) < 4.78 is 5.41. The molecular weight excluding hydrogens is 212 g/mol. The van der Waals surface area contributed by atoms with Crippen LogP contribution >= 0.6 is 0 Å². The predicted octanol–water partition coefficient (Wildman–Crippen LogP) is 2.93. The topological polar surface area (TPSA) is 45.0 Å². The maximum atomic E-state index is 9.03. The third-order valence-corrected chi connectivity index (χ3v) is 3.37. The van der Waals surface area contributed by atoms with E-state index in [4.69, 9.17) is 10.00 Å². The first-order valence-electron chi connectivity index (χ1n) is 6.12. The van der Waals surface area contributed by atoms with Crippen molar-refractivity contribution in [2.75, 3.05) is 12.4 Å². The number of nitriles is 1. The average molecular weight is 230 g/mol. The summed E-state index contributed by atoms with van der Waals surface area (Å²) in [7, 11) is 1.77. The highest BCUT2D eigenvalue weighted by atomic mass is 16.5. The lowest BCUT2D eigenvalue weighted by Gasteiger charge is -2.29. The minimum absolute atomic E-state index is 0.357. The first kappa shape index (κ1) is 11.9. The molecule has 3 nitrogen and oxygen atoms in total. The van der Waals surface area contributed by atoms with Gasteiger partial charge in [-0.1, -0.05) is 12.1 Å². The summed E-state index contributed by atoms with van der Waals surface area (Å²) in [6.45, 7) is 0. The quantitative estimate of drug-likeness (QED) is 0.868. The average Bonchev–Trinajstić information content (AvgIpc) is 2.39. The molecule has 1 aliphatic rings. The van der Waals surface area contributed by atoms with E-state index in [0.717, 1.165) is 24.9 Å². The Kier molecular flexibility index (Phi) is 4.00. The van der Waals surface area contributed by atoms with E-state index in [1.54, 1.807) is 7.11 Å². The standard InChI is InChI=1S/C14H18N2O/c1-17-13-7-4-6-12(9-13)16-14-8-3-2-5-11(14)10-15/h2-3,5,8,12-13,16H,4,6-7,9H2,1H3. The highest BCUT2D eigenvalue weighted by Gasteiger charge is 2.21. The molecule has 2 unspecified atom stereocenters. The fraction of sp³-hybridized carbons (Fsp3) is 0.500. The minimum Gasteiger partial charge on any atom is -0.381 e. The molecule has 2 atom stereocenters. The predicted molar refractivity (Wildman–Crippen MR) is 67.8 cm³/mol. The molecule has 0 radical (unpaired) electrons. The van der Waals surface area contributed by atoms with Crippen LogP contribution in [0.2, 0.25) is 0 Å². The molecule has 1 aliphatic carbocycles. The summed E-state index contributed by atoms with van der Waals surface area (Å²) in [4.78, 5) is 0. The Hall–Kier alpha value is -1.53. The Morgan fingerprint density at radius 1 is 1.35 bits per heavy atom. The van der Waals surface area contributed by atoms with Crippen molar-refractivity contribution in [2.24, 2.45) is 0 Å². The second-order valence-electron chi connectivity index (χ2n) is 4.52. The van der Waals surface area contributed by atoms with Gasteiger partial charge < -0.3 is 10.1 Å². The molecule has 17 heavy (non-hydrogen) atoms. The van der Waals surface area contributed by atoms with Crippen molar-refractivity contribution >= 4 is 5.69 Å². The van der Waals surface area contributed by atoms with E-state index >= 15 is 0 Å². The van der Waals surface area contributed by atoms with E-state index in [9.17, 15) is 0 Å². The van der Waals surface area contributed by atoms with E-state index in [2.05, 4.69) is 11.4 Å². The molecule has 0 aromatic heterocycles. The van der Waals surface area contributed by atoms with Crippen molar-refractivity contribution in [1.29, 1.82) is 5.26 Å². The molecule has 0 spiro atoms. The van der Waals surface area contributed by atoms with Crippen LogP contribution in [0.5, 0.6) is 0 Å². The third kappa shape index (κ3) is 2.98. The zero-order valence-electron chi connectivity index (χ0n) is 10.1. The molecule has 1 fully saturated rings. The number of nitrogens with one attached hydrogen (secondary N) is 1. The lowest BCUT2D eigenvalue weighted by molar-refractivity contribution is 0.0669. The summed E-state index contributed by atoms with van der Waals surface area (Å²) in [5, 5.41) is 12.5. The number of hydrogen-bond acceptors (Lipinski definition) is 3. The minimum atomic E-state index is 0.357. The van der Waals surface area contributed by atoms with Crippen LogP contribution in [0.25, 0.3) is 0 Å². The second kappa shape index (κ2) is 5.70. The van der Waals surface area contributed by atoms with Gasteiger partial charge in [0.15, 0.2) is 0 Å². The van der Waals surface area contributed by atoms with Gasteiger partial charge in [-0.15, -0.1) is 0 Å². The number of ether oxygens (including phenoxy) is 1. The van der Waals surface area contributed by atoms with Crippen LogP contribution in [-0.2, 0) is 4.74 Å². The summed E-state index contributed by atoms with van der Waals surface area (Å²) in [6.07, 6.45) is 4.87. The zero-order chi connectivity index (χ0) is 12.1. The molecule has 1 saturated carbocycles. The van der Waals surface area contributed by atoms with Gasteiger partial charge in [-0.05, 0) is 37.8 Å². The third-order valence-electron chi connectivity index (χ3n) is 3.37. The molecule has 3 heteroatoms. The molecule has 90 valence electrons. The number of para-hydroxylation sites is 1. The Bertz CT molecular complexity index is 411. The van der Waals surface area contributed by atoms with Crippen LogP contribution in [0.4, 0.5) is 5.69 Å². The van der Waals surface area contributed by atoms with Gasteiger partial charge in [-0.2, -0.15) is 5.26 Å². The monoisotopic (exact) mass is 230 g/mol. The smallest absolute Gasteiger partial charge is 0.101 e. The van der Waals surface area contributed by atoms with E-state index in [1.807, 2.05) is 24.3 Å². The van der Waals surface area contributed by atoms with Crippen LogP contribution in [0, 0.1) is 11.3 Å². The van der Waals surface area contributed by atoms with Crippen molar-refractivity contribution in [3.8, 4) is 6.07 Å². The summed E-state index contributed by atoms with van der Waals surface area (Å²) in [5.41, 5.74) is 1.66. The Morgan fingerprint density at radius 2 is 2.18 bits per heavy atom. The SMILES string of the molecule is COC1CCCC(Nc2ccccc2C#N)C1. The van der Waals surface area contributed by atoms with E-state index in [1.165, 1.54) is 6.42 Å². The highest BCUT2D eigenvalue weighted by Crippen LogP contribution is 2.25.